The highest BCUT2D eigenvalue weighted by atomic mass is 79.9. The molecule has 118 valence electrons. The molecule has 2 N–H and O–H groups in total. The topological polar surface area (TPSA) is 61.5 Å². The van der Waals surface area contributed by atoms with Crippen LogP contribution in [0.15, 0.2) is 16.6 Å². The largest absolute Gasteiger partial charge is 0.489 e. The fourth-order valence-corrected chi connectivity index (χ4v) is 2.76. The van der Waals surface area contributed by atoms with E-state index in [1.807, 2.05) is 13.8 Å². The van der Waals surface area contributed by atoms with E-state index >= 15 is 0 Å². The van der Waals surface area contributed by atoms with Crippen molar-refractivity contribution in [3.8, 4) is 5.75 Å². The summed E-state index contributed by atoms with van der Waals surface area (Å²) < 4.78 is 11.4. The lowest BCUT2D eigenvalue weighted by atomic mass is 9.98. The standard InChI is InChI=1S/C14H18BrNO3.C2H6/c1-18-14(17)10-7-13(11(15)8-12(10)16)19-9-5-3-2-4-6-9;1-2/h7-9H,2-6,16H2,1H3;1-2H3. The van der Waals surface area contributed by atoms with Gasteiger partial charge in [0, 0.05) is 5.69 Å². The van der Waals surface area contributed by atoms with Gasteiger partial charge in [-0.15, -0.1) is 0 Å². The number of anilines is 1. The van der Waals surface area contributed by atoms with E-state index in [9.17, 15) is 4.79 Å². The summed E-state index contributed by atoms with van der Waals surface area (Å²) in [6.07, 6.45) is 6.01. The molecule has 1 aliphatic carbocycles. The van der Waals surface area contributed by atoms with E-state index in [0.717, 1.165) is 17.3 Å². The number of hydrogen-bond acceptors (Lipinski definition) is 4. The van der Waals surface area contributed by atoms with E-state index in [1.165, 1.54) is 26.4 Å². The number of carbonyl (C=O) groups excluding carboxylic acids is 1. The van der Waals surface area contributed by atoms with Crippen LogP contribution >= 0.6 is 15.9 Å². The first-order chi connectivity index (χ1) is 10.1. The summed E-state index contributed by atoms with van der Waals surface area (Å²) in [6, 6.07) is 3.34. The number of nitrogen functional groups attached to an aromatic ring is 1. The highest BCUT2D eigenvalue weighted by Crippen LogP contribution is 2.33. The number of methoxy groups -OCH3 is 1. The van der Waals surface area contributed by atoms with Gasteiger partial charge in [0.05, 0.1) is 23.2 Å². The molecule has 21 heavy (non-hydrogen) atoms. The van der Waals surface area contributed by atoms with Crippen molar-refractivity contribution in [2.24, 2.45) is 0 Å². The SMILES string of the molecule is CC.COC(=O)c1cc(OC2CCCCC2)c(Br)cc1N. The van der Waals surface area contributed by atoms with E-state index in [0.29, 0.717) is 17.0 Å². The summed E-state index contributed by atoms with van der Waals surface area (Å²) in [5.41, 5.74) is 6.54. The van der Waals surface area contributed by atoms with Crippen molar-refractivity contribution in [2.45, 2.75) is 52.1 Å². The van der Waals surface area contributed by atoms with Crippen molar-refractivity contribution in [3.63, 3.8) is 0 Å². The summed E-state index contributed by atoms with van der Waals surface area (Å²) >= 11 is 3.42. The molecular formula is C16H24BrNO3. The summed E-state index contributed by atoms with van der Waals surface area (Å²) in [5, 5.41) is 0. The number of rotatable bonds is 3. The molecule has 5 heteroatoms. The number of hydrogen-bond donors (Lipinski definition) is 1. The smallest absolute Gasteiger partial charge is 0.340 e. The lowest BCUT2D eigenvalue weighted by molar-refractivity contribution is 0.0600. The second kappa shape index (κ2) is 8.93. The average molecular weight is 358 g/mol. The van der Waals surface area contributed by atoms with Gasteiger partial charge in [-0.25, -0.2) is 4.79 Å². The summed E-state index contributed by atoms with van der Waals surface area (Å²) in [5.74, 6) is 0.208. The van der Waals surface area contributed by atoms with Crippen molar-refractivity contribution in [2.75, 3.05) is 12.8 Å². The highest BCUT2D eigenvalue weighted by molar-refractivity contribution is 9.10. The zero-order valence-corrected chi connectivity index (χ0v) is 14.5. The Morgan fingerprint density at radius 1 is 1.24 bits per heavy atom. The third-order valence-electron chi connectivity index (χ3n) is 3.36. The van der Waals surface area contributed by atoms with Gasteiger partial charge < -0.3 is 15.2 Å². The van der Waals surface area contributed by atoms with Crippen LogP contribution in [-0.2, 0) is 4.74 Å². The van der Waals surface area contributed by atoms with Crippen LogP contribution in [0.1, 0.15) is 56.3 Å². The molecule has 1 saturated carbocycles. The average Bonchev–Trinajstić information content (AvgIpc) is 2.52. The lowest BCUT2D eigenvalue weighted by Crippen LogP contribution is -2.20. The van der Waals surface area contributed by atoms with Crippen LogP contribution < -0.4 is 10.5 Å². The number of carbonyl (C=O) groups is 1. The summed E-state index contributed by atoms with van der Waals surface area (Å²) in [4.78, 5) is 11.6. The molecule has 0 bridgehead atoms. The molecular weight excluding hydrogens is 334 g/mol. The molecule has 0 aromatic heterocycles. The molecule has 4 nitrogen and oxygen atoms in total. The minimum atomic E-state index is -0.446. The maximum absolute atomic E-state index is 11.6. The van der Waals surface area contributed by atoms with Gasteiger partial charge in [-0.3, -0.25) is 0 Å². The van der Waals surface area contributed by atoms with Gasteiger partial charge in [-0.05, 0) is 53.7 Å². The number of ether oxygens (including phenoxy) is 2. The Balaban J connectivity index is 0.00000106. The Hall–Kier alpha value is -1.23. The Labute approximate surface area is 135 Å². The van der Waals surface area contributed by atoms with Gasteiger partial charge in [0.2, 0.25) is 0 Å². The molecule has 0 amide bonds. The Morgan fingerprint density at radius 2 is 1.86 bits per heavy atom. The first-order valence-corrected chi connectivity index (χ1v) is 8.25. The van der Waals surface area contributed by atoms with Crippen molar-refractivity contribution < 1.29 is 14.3 Å². The molecule has 1 aromatic carbocycles. The zero-order valence-electron chi connectivity index (χ0n) is 12.9. The Kier molecular flexibility index (Phi) is 7.57. The quantitative estimate of drug-likeness (QED) is 0.636. The first kappa shape index (κ1) is 17.8. The number of esters is 1. The molecule has 0 heterocycles. The van der Waals surface area contributed by atoms with Crippen LogP contribution in [0.5, 0.6) is 5.75 Å². The lowest BCUT2D eigenvalue weighted by Gasteiger charge is -2.24. The van der Waals surface area contributed by atoms with Gasteiger partial charge >= 0.3 is 5.97 Å². The maximum atomic E-state index is 11.6. The molecule has 1 fully saturated rings. The van der Waals surface area contributed by atoms with Gasteiger partial charge in [-0.2, -0.15) is 0 Å². The first-order valence-electron chi connectivity index (χ1n) is 7.46. The molecule has 0 radical (unpaired) electrons. The van der Waals surface area contributed by atoms with Crippen LogP contribution in [0.4, 0.5) is 5.69 Å². The van der Waals surface area contributed by atoms with E-state index in [-0.39, 0.29) is 6.10 Å². The van der Waals surface area contributed by atoms with Crippen molar-refractivity contribution in [3.05, 3.63) is 22.2 Å². The predicted molar refractivity (Wildman–Crippen MR) is 88.7 cm³/mol. The molecule has 1 aromatic rings. The fourth-order valence-electron chi connectivity index (χ4n) is 2.31. The molecule has 1 aliphatic rings. The second-order valence-corrected chi connectivity index (χ2v) is 5.59. The highest BCUT2D eigenvalue weighted by Gasteiger charge is 2.19. The Morgan fingerprint density at radius 3 is 2.43 bits per heavy atom. The molecule has 0 unspecified atom stereocenters. The molecule has 0 saturated heterocycles. The number of nitrogens with two attached hydrogens (primary N) is 1. The third kappa shape index (κ3) is 4.92. The van der Waals surface area contributed by atoms with E-state index in [4.69, 9.17) is 15.2 Å². The molecule has 0 aliphatic heterocycles. The normalized spacial score (nSPS) is 14.9. The van der Waals surface area contributed by atoms with Gasteiger partial charge in [-0.1, -0.05) is 20.3 Å². The van der Waals surface area contributed by atoms with Crippen LogP contribution in [0, 0.1) is 0 Å². The number of benzene rings is 1. The van der Waals surface area contributed by atoms with E-state index in [1.54, 1.807) is 12.1 Å². The monoisotopic (exact) mass is 357 g/mol. The number of halogens is 1. The maximum Gasteiger partial charge on any atom is 0.340 e. The van der Waals surface area contributed by atoms with Gasteiger partial charge in [0.1, 0.15) is 5.75 Å². The van der Waals surface area contributed by atoms with E-state index < -0.39 is 5.97 Å². The minimum absolute atomic E-state index is 0.221. The van der Waals surface area contributed by atoms with Gasteiger partial charge in [0.15, 0.2) is 0 Å². The van der Waals surface area contributed by atoms with Crippen molar-refractivity contribution in [1.29, 1.82) is 0 Å². The summed E-state index contributed by atoms with van der Waals surface area (Å²) in [6.45, 7) is 4.00. The van der Waals surface area contributed by atoms with Gasteiger partial charge in [0.25, 0.3) is 0 Å². The molecule has 0 spiro atoms. The Bertz CT molecular complexity index is 471. The zero-order chi connectivity index (χ0) is 15.8. The predicted octanol–water partition coefficient (Wildman–Crippen LogP) is 4.56. The fraction of sp³-hybridized carbons (Fsp3) is 0.562. The van der Waals surface area contributed by atoms with Crippen LogP contribution in [0.2, 0.25) is 0 Å². The third-order valence-corrected chi connectivity index (χ3v) is 3.97. The second-order valence-electron chi connectivity index (χ2n) is 4.74. The molecule has 2 rings (SSSR count). The molecule has 0 atom stereocenters. The van der Waals surface area contributed by atoms with Crippen LogP contribution in [0.3, 0.4) is 0 Å². The van der Waals surface area contributed by atoms with E-state index in [2.05, 4.69) is 15.9 Å². The summed E-state index contributed by atoms with van der Waals surface area (Å²) in [7, 11) is 1.34. The van der Waals surface area contributed by atoms with Crippen LogP contribution in [-0.4, -0.2) is 19.2 Å². The van der Waals surface area contributed by atoms with Crippen LogP contribution in [0.25, 0.3) is 0 Å². The van der Waals surface area contributed by atoms with Crippen molar-refractivity contribution >= 4 is 27.6 Å². The minimum Gasteiger partial charge on any atom is -0.489 e. The van der Waals surface area contributed by atoms with Crippen molar-refractivity contribution in [1.82, 2.24) is 0 Å².